The molecule has 0 N–H and O–H groups in total. The van der Waals surface area contributed by atoms with E-state index in [1.54, 1.807) is 0 Å². The van der Waals surface area contributed by atoms with E-state index in [2.05, 4.69) is 118 Å². The van der Waals surface area contributed by atoms with Gasteiger partial charge in [-0.1, -0.05) is 47.5 Å². The molecule has 0 aliphatic rings. The number of rotatable bonds is 18. The van der Waals surface area contributed by atoms with Gasteiger partial charge in [0.05, 0.1) is 16.8 Å². The predicted molar refractivity (Wildman–Crippen MR) is 176 cm³/mol. The molecule has 3 unspecified atom stereocenters. The maximum Gasteiger partial charge on any atom is 0.502 e. The Morgan fingerprint density at radius 1 is 0.450 bits per heavy atom. The average molecular weight is 609 g/mol. The van der Waals surface area contributed by atoms with E-state index >= 15 is 0 Å². The summed E-state index contributed by atoms with van der Waals surface area (Å²) in [6.45, 7) is 35.8. The fraction of sp³-hybridized carbons (Fsp3) is 1.00. The van der Waals surface area contributed by atoms with Crippen LogP contribution in [-0.2, 0) is 26.6 Å². The van der Waals surface area contributed by atoms with Gasteiger partial charge in [-0.05, 0) is 115 Å². The van der Waals surface area contributed by atoms with Crippen molar-refractivity contribution in [3.8, 4) is 0 Å². The Kier molecular flexibility index (Phi) is 20.6. The molecular weight excluding hydrogens is 537 g/mol. The Labute approximate surface area is 253 Å². The van der Waals surface area contributed by atoms with Crippen LogP contribution in [0.15, 0.2) is 0 Å². The lowest BCUT2D eigenvalue weighted by Crippen LogP contribution is -2.57. The first-order valence-electron chi connectivity index (χ1n) is 16.2. The van der Waals surface area contributed by atoms with Gasteiger partial charge in [-0.3, -0.25) is 0 Å². The molecule has 0 rings (SSSR count). The zero-order valence-electron chi connectivity index (χ0n) is 30.0. The fourth-order valence-electron chi connectivity index (χ4n) is 3.83. The molecule has 0 aliphatic heterocycles. The fourth-order valence-corrected chi connectivity index (χ4v) is 11.5. The molecule has 40 heavy (non-hydrogen) atoms. The highest BCUT2D eigenvalue weighted by Gasteiger charge is 2.49. The van der Waals surface area contributed by atoms with Crippen molar-refractivity contribution in [2.45, 2.75) is 210 Å². The molecule has 0 heterocycles. The number of unbranched alkanes of at least 4 members (excludes halogenated alkanes) is 2. The standard InChI is InChI=1S/2C16H36O3Si/c1-11-12-13-20(17-14(2,3)4,18-15(5,6)7)19-16(8,9)10;1-8-12-13-20(17-14(5)9-2,18-15(6)10-3)19-16(7)11-4/h11-13H2,1-10H3;14-16H,8-13H2,1-7H3. The highest BCUT2D eigenvalue weighted by atomic mass is 28.4. The molecule has 0 saturated carbocycles. The first kappa shape index (κ1) is 42.3. The molecule has 0 aromatic rings. The van der Waals surface area contributed by atoms with Gasteiger partial charge in [-0.25, -0.2) is 0 Å². The van der Waals surface area contributed by atoms with E-state index in [0.717, 1.165) is 57.0 Å². The highest BCUT2D eigenvalue weighted by Crippen LogP contribution is 2.33. The summed E-state index contributed by atoms with van der Waals surface area (Å²) in [4.78, 5) is 0. The van der Waals surface area contributed by atoms with Gasteiger partial charge >= 0.3 is 17.6 Å². The lowest BCUT2D eigenvalue weighted by Gasteiger charge is -2.43. The molecule has 6 nitrogen and oxygen atoms in total. The second kappa shape index (κ2) is 19.5. The molecule has 0 saturated heterocycles. The van der Waals surface area contributed by atoms with Crippen LogP contribution in [0.1, 0.15) is 163 Å². The summed E-state index contributed by atoms with van der Waals surface area (Å²) < 4.78 is 38.1. The van der Waals surface area contributed by atoms with Crippen LogP contribution in [0, 0.1) is 0 Å². The van der Waals surface area contributed by atoms with Gasteiger partial charge in [0.1, 0.15) is 0 Å². The van der Waals surface area contributed by atoms with Gasteiger partial charge in [0, 0.05) is 30.4 Å². The Morgan fingerprint density at radius 2 is 0.700 bits per heavy atom. The van der Waals surface area contributed by atoms with Crippen LogP contribution in [0.25, 0.3) is 0 Å². The minimum atomic E-state index is -2.72. The summed E-state index contributed by atoms with van der Waals surface area (Å²) in [5.41, 5.74) is -0.802. The van der Waals surface area contributed by atoms with Crippen molar-refractivity contribution in [1.82, 2.24) is 0 Å². The Morgan fingerprint density at radius 3 is 0.900 bits per heavy atom. The Bertz CT molecular complexity index is 552. The van der Waals surface area contributed by atoms with Crippen molar-refractivity contribution in [1.29, 1.82) is 0 Å². The van der Waals surface area contributed by atoms with Crippen LogP contribution in [-0.4, -0.2) is 52.7 Å². The van der Waals surface area contributed by atoms with Gasteiger partial charge in [0.25, 0.3) is 0 Å². The summed E-state index contributed by atoms with van der Waals surface area (Å²) in [5.74, 6) is 0. The topological polar surface area (TPSA) is 55.4 Å². The SMILES string of the molecule is CCCC[Si](OC(C)(C)C)(OC(C)(C)C)OC(C)(C)C.CCCC[Si](OC(C)CC)(OC(C)CC)OC(C)CC. The third-order valence-corrected chi connectivity index (χ3v) is 12.9. The minimum Gasteiger partial charge on any atom is -0.371 e. The summed E-state index contributed by atoms with van der Waals surface area (Å²) in [6.07, 6.45) is 8.02. The van der Waals surface area contributed by atoms with E-state index in [0.29, 0.717) is 0 Å². The van der Waals surface area contributed by atoms with Crippen LogP contribution in [0.4, 0.5) is 0 Å². The molecule has 244 valence electrons. The minimum absolute atomic E-state index is 0.201. The lowest BCUT2D eigenvalue weighted by atomic mass is 10.2. The molecule has 0 aliphatic carbocycles. The second-order valence-corrected chi connectivity index (χ2v) is 19.3. The van der Waals surface area contributed by atoms with E-state index in [-0.39, 0.29) is 35.1 Å². The molecule has 0 bridgehead atoms. The molecule has 0 fully saturated rings. The first-order valence-corrected chi connectivity index (χ1v) is 20.1. The third-order valence-electron chi connectivity index (χ3n) is 5.93. The largest absolute Gasteiger partial charge is 0.502 e. The zero-order chi connectivity index (χ0) is 31.8. The van der Waals surface area contributed by atoms with Crippen LogP contribution in [0.3, 0.4) is 0 Å². The lowest BCUT2D eigenvalue weighted by molar-refractivity contribution is -0.0754. The van der Waals surface area contributed by atoms with Gasteiger partial charge < -0.3 is 26.6 Å². The normalized spacial score (nSPS) is 17.0. The van der Waals surface area contributed by atoms with E-state index in [4.69, 9.17) is 26.6 Å². The van der Waals surface area contributed by atoms with Crippen LogP contribution >= 0.6 is 0 Å². The van der Waals surface area contributed by atoms with Gasteiger partial charge in [-0.15, -0.1) is 0 Å². The average Bonchev–Trinajstić information content (AvgIpc) is 2.78. The van der Waals surface area contributed by atoms with Gasteiger partial charge in [0.15, 0.2) is 0 Å². The highest BCUT2D eigenvalue weighted by molar-refractivity contribution is 6.61. The van der Waals surface area contributed by atoms with Gasteiger partial charge in [-0.2, -0.15) is 0 Å². The van der Waals surface area contributed by atoms with Crippen LogP contribution < -0.4 is 0 Å². The first-order chi connectivity index (χ1) is 18.1. The smallest absolute Gasteiger partial charge is 0.371 e. The maximum atomic E-state index is 6.37. The zero-order valence-corrected chi connectivity index (χ0v) is 32.0. The number of hydrogen-bond donors (Lipinski definition) is 0. The van der Waals surface area contributed by atoms with Crippen molar-refractivity contribution in [3.05, 3.63) is 0 Å². The van der Waals surface area contributed by atoms with Crippen molar-refractivity contribution in [3.63, 3.8) is 0 Å². The molecule has 0 spiro atoms. The summed E-state index contributed by atoms with van der Waals surface area (Å²) in [7, 11) is -5.29. The number of hydrogen-bond acceptors (Lipinski definition) is 6. The molecule has 0 aromatic carbocycles. The van der Waals surface area contributed by atoms with E-state index < -0.39 is 17.6 Å². The molecule has 8 heteroatoms. The monoisotopic (exact) mass is 608 g/mol. The van der Waals surface area contributed by atoms with Crippen LogP contribution in [0.5, 0.6) is 0 Å². The van der Waals surface area contributed by atoms with Crippen LogP contribution in [0.2, 0.25) is 12.1 Å². The molecule has 0 aromatic heterocycles. The second-order valence-electron chi connectivity index (χ2n) is 14.2. The van der Waals surface area contributed by atoms with Crippen molar-refractivity contribution < 1.29 is 26.6 Å². The van der Waals surface area contributed by atoms with Crippen molar-refractivity contribution in [2.75, 3.05) is 0 Å². The molecular formula is C32H72O6Si2. The summed E-state index contributed by atoms with van der Waals surface area (Å²) in [5, 5.41) is 0. The van der Waals surface area contributed by atoms with Crippen molar-refractivity contribution in [2.24, 2.45) is 0 Å². The molecule has 3 atom stereocenters. The van der Waals surface area contributed by atoms with Gasteiger partial charge in [0.2, 0.25) is 0 Å². The Balaban J connectivity index is 0. The third kappa shape index (κ3) is 21.8. The van der Waals surface area contributed by atoms with E-state index in [9.17, 15) is 0 Å². The maximum absolute atomic E-state index is 6.37. The molecule has 0 radical (unpaired) electrons. The van der Waals surface area contributed by atoms with E-state index in [1.807, 2.05) is 0 Å². The Hall–Kier alpha value is 0.194. The summed E-state index contributed by atoms with van der Waals surface area (Å²) in [6, 6.07) is 1.80. The quantitative estimate of drug-likeness (QED) is 0.144. The predicted octanol–water partition coefficient (Wildman–Crippen LogP) is 10.3. The molecule has 0 amide bonds. The summed E-state index contributed by atoms with van der Waals surface area (Å²) >= 11 is 0. The van der Waals surface area contributed by atoms with Crippen molar-refractivity contribution >= 4 is 17.6 Å². The van der Waals surface area contributed by atoms with E-state index in [1.165, 1.54) is 0 Å².